The van der Waals surface area contributed by atoms with Gasteiger partial charge in [-0.1, -0.05) is 6.07 Å². The number of rotatable bonds is 5. The molecule has 3 aromatic rings. The maximum Gasteiger partial charge on any atom is 0.433 e. The van der Waals surface area contributed by atoms with Crippen LogP contribution in [0, 0.1) is 13.8 Å². The summed E-state index contributed by atoms with van der Waals surface area (Å²) >= 11 is 0. The molecule has 160 valence electrons. The molecule has 0 saturated heterocycles. The van der Waals surface area contributed by atoms with Crippen LogP contribution in [0.1, 0.15) is 28.9 Å². The van der Waals surface area contributed by atoms with Gasteiger partial charge in [-0.25, -0.2) is 17.4 Å². The predicted molar refractivity (Wildman–Crippen MR) is 104 cm³/mol. The molecule has 0 spiro atoms. The second-order valence-electron chi connectivity index (χ2n) is 6.90. The largest absolute Gasteiger partial charge is 0.469 e. The molecule has 0 aliphatic heterocycles. The number of halogens is 3. The van der Waals surface area contributed by atoms with E-state index in [1.807, 2.05) is 6.07 Å². The highest BCUT2D eigenvalue weighted by atomic mass is 32.2. The summed E-state index contributed by atoms with van der Waals surface area (Å²) in [5.74, 6) is -0.570. The number of ether oxygens (including phenoxy) is 1. The molecule has 0 N–H and O–H groups in total. The molecule has 0 fully saturated rings. The number of alkyl halides is 3. The summed E-state index contributed by atoms with van der Waals surface area (Å²) in [4.78, 5) is 15.1. The number of carbonyl (C=O) groups is 1. The maximum absolute atomic E-state index is 13.4. The molecule has 0 amide bonds. The maximum atomic E-state index is 13.4. The average molecular weight is 440 g/mol. The number of pyridine rings is 1. The van der Waals surface area contributed by atoms with Crippen molar-refractivity contribution in [1.82, 2.24) is 8.96 Å². The van der Waals surface area contributed by atoms with Crippen LogP contribution in [0.25, 0.3) is 11.0 Å². The summed E-state index contributed by atoms with van der Waals surface area (Å²) in [6, 6.07) is 7.84. The summed E-state index contributed by atoms with van der Waals surface area (Å²) in [5, 5.41) is 0. The number of nitrogens with zero attached hydrogens (tertiary/aromatic N) is 2. The number of carbonyl (C=O) groups excluding carboxylic acids is 1. The second-order valence-corrected chi connectivity index (χ2v) is 8.69. The van der Waals surface area contributed by atoms with Crippen LogP contribution in [0.2, 0.25) is 0 Å². The zero-order valence-corrected chi connectivity index (χ0v) is 17.3. The van der Waals surface area contributed by atoms with Gasteiger partial charge in [0.05, 0.1) is 29.5 Å². The lowest BCUT2D eigenvalue weighted by Crippen LogP contribution is -2.17. The number of aryl methyl sites for hydroxylation is 3. The van der Waals surface area contributed by atoms with Crippen molar-refractivity contribution >= 4 is 27.0 Å². The Labute approximate surface area is 171 Å². The molecular weight excluding hydrogens is 421 g/mol. The summed E-state index contributed by atoms with van der Waals surface area (Å²) < 4.78 is 71.6. The molecule has 0 radical (unpaired) electrons. The molecule has 6 nitrogen and oxygen atoms in total. The van der Waals surface area contributed by atoms with Gasteiger partial charge in [-0.05, 0) is 61.7 Å². The molecule has 0 saturated carbocycles. The molecule has 10 heteroatoms. The minimum atomic E-state index is -4.67. The molecule has 2 aromatic heterocycles. The van der Waals surface area contributed by atoms with Gasteiger partial charge in [-0.3, -0.25) is 4.79 Å². The molecule has 0 atom stereocenters. The highest BCUT2D eigenvalue weighted by Crippen LogP contribution is 2.32. The van der Waals surface area contributed by atoms with E-state index < -0.39 is 27.9 Å². The van der Waals surface area contributed by atoms with Crippen molar-refractivity contribution in [2.75, 3.05) is 7.11 Å². The Morgan fingerprint density at radius 2 is 1.73 bits per heavy atom. The lowest BCUT2D eigenvalue weighted by Gasteiger charge is -2.13. The topological polar surface area (TPSA) is 78.3 Å². The Balaban J connectivity index is 2.25. The third-order valence-corrected chi connectivity index (χ3v) is 6.27. The van der Waals surface area contributed by atoms with E-state index >= 15 is 0 Å². The van der Waals surface area contributed by atoms with Crippen molar-refractivity contribution in [2.45, 2.75) is 37.8 Å². The number of hydrogen-bond donors (Lipinski definition) is 0. The smallest absolute Gasteiger partial charge is 0.433 e. The summed E-state index contributed by atoms with van der Waals surface area (Å²) in [6.07, 6.45) is -4.86. The summed E-state index contributed by atoms with van der Waals surface area (Å²) in [7, 11) is -2.96. The van der Waals surface area contributed by atoms with E-state index in [9.17, 15) is 26.4 Å². The van der Waals surface area contributed by atoms with Crippen molar-refractivity contribution in [3.05, 3.63) is 58.9 Å². The fourth-order valence-corrected chi connectivity index (χ4v) is 5.00. The van der Waals surface area contributed by atoms with Crippen molar-refractivity contribution in [2.24, 2.45) is 0 Å². The molecule has 0 unspecified atom stereocenters. The van der Waals surface area contributed by atoms with Gasteiger partial charge < -0.3 is 4.74 Å². The van der Waals surface area contributed by atoms with Gasteiger partial charge >= 0.3 is 12.1 Å². The minimum absolute atomic E-state index is 0.00188. The quantitative estimate of drug-likeness (QED) is 0.560. The van der Waals surface area contributed by atoms with Crippen molar-refractivity contribution in [3.63, 3.8) is 0 Å². The number of esters is 1. The van der Waals surface area contributed by atoms with E-state index in [0.717, 1.165) is 27.2 Å². The van der Waals surface area contributed by atoms with Gasteiger partial charge in [0.1, 0.15) is 5.69 Å². The molecule has 2 heterocycles. The van der Waals surface area contributed by atoms with E-state index in [-0.39, 0.29) is 34.5 Å². The third kappa shape index (κ3) is 4.18. The Morgan fingerprint density at radius 3 is 2.30 bits per heavy atom. The Bertz CT molecular complexity index is 1210. The fourth-order valence-electron chi connectivity index (χ4n) is 3.25. The van der Waals surface area contributed by atoms with Gasteiger partial charge in [-0.2, -0.15) is 13.2 Å². The van der Waals surface area contributed by atoms with Gasteiger partial charge in [-0.15, -0.1) is 0 Å². The molecule has 0 bridgehead atoms. The van der Waals surface area contributed by atoms with E-state index in [0.29, 0.717) is 0 Å². The summed E-state index contributed by atoms with van der Waals surface area (Å²) in [5.41, 5.74) is 0.328. The molecule has 3 rings (SSSR count). The van der Waals surface area contributed by atoms with Crippen LogP contribution < -0.4 is 0 Å². The van der Waals surface area contributed by atoms with Crippen LogP contribution >= 0.6 is 0 Å². The van der Waals surface area contributed by atoms with Crippen LogP contribution in [-0.4, -0.2) is 30.5 Å². The first-order valence-corrected chi connectivity index (χ1v) is 10.4. The van der Waals surface area contributed by atoms with Crippen LogP contribution in [0.4, 0.5) is 13.2 Å². The zero-order chi connectivity index (χ0) is 22.3. The van der Waals surface area contributed by atoms with Crippen molar-refractivity contribution < 1.29 is 31.1 Å². The number of fused-ring (bicyclic) bond motifs is 1. The monoisotopic (exact) mass is 440 g/mol. The molecule has 0 aliphatic rings. The van der Waals surface area contributed by atoms with Crippen LogP contribution in [0.3, 0.4) is 0 Å². The minimum Gasteiger partial charge on any atom is -0.469 e. The molecule has 30 heavy (non-hydrogen) atoms. The van der Waals surface area contributed by atoms with E-state index in [2.05, 4.69) is 9.72 Å². The number of benzene rings is 1. The highest BCUT2D eigenvalue weighted by molar-refractivity contribution is 7.90. The van der Waals surface area contributed by atoms with Crippen LogP contribution in [-0.2, 0) is 32.2 Å². The Hall–Kier alpha value is -2.88. The van der Waals surface area contributed by atoms with Gasteiger partial charge in [0, 0.05) is 5.69 Å². The second kappa shape index (κ2) is 7.75. The van der Waals surface area contributed by atoms with Crippen LogP contribution in [0.15, 0.2) is 41.3 Å². The van der Waals surface area contributed by atoms with E-state index in [4.69, 9.17) is 0 Å². The molecular formula is C20H19F3N2O4S. The number of methoxy groups -OCH3 is 1. The van der Waals surface area contributed by atoms with E-state index in [1.54, 1.807) is 13.8 Å². The van der Waals surface area contributed by atoms with Crippen LogP contribution in [0.5, 0.6) is 0 Å². The first-order valence-electron chi connectivity index (χ1n) is 8.93. The highest BCUT2D eigenvalue weighted by Gasteiger charge is 2.33. The Morgan fingerprint density at radius 1 is 1.10 bits per heavy atom. The molecule has 0 aliphatic carbocycles. The van der Waals surface area contributed by atoms with Gasteiger partial charge in [0.25, 0.3) is 10.0 Å². The normalized spacial score (nSPS) is 12.3. The first-order chi connectivity index (χ1) is 13.9. The fraction of sp³-hybridized carbons (Fsp3) is 0.300. The lowest BCUT2D eigenvalue weighted by molar-refractivity contribution is -0.141. The Kier molecular flexibility index (Phi) is 5.64. The predicted octanol–water partition coefficient (Wildman–Crippen LogP) is 4.01. The lowest BCUT2D eigenvalue weighted by atomic mass is 10.2. The zero-order valence-electron chi connectivity index (χ0n) is 16.4. The summed E-state index contributed by atoms with van der Waals surface area (Å²) in [6.45, 7) is 3.49. The average Bonchev–Trinajstić information content (AvgIpc) is 3.02. The van der Waals surface area contributed by atoms with Gasteiger partial charge in [0.15, 0.2) is 0 Å². The third-order valence-electron chi connectivity index (χ3n) is 4.52. The molecule has 1 aromatic carbocycles. The number of aromatic nitrogens is 2. The van der Waals surface area contributed by atoms with Crippen molar-refractivity contribution in [3.8, 4) is 0 Å². The number of hydrogen-bond acceptors (Lipinski definition) is 5. The first kappa shape index (κ1) is 21.8. The van der Waals surface area contributed by atoms with Gasteiger partial charge in [0.2, 0.25) is 0 Å². The van der Waals surface area contributed by atoms with E-state index in [1.165, 1.54) is 25.3 Å². The SMILES string of the molecule is COC(=O)CCc1cc2nc(C(F)(F)F)ccc2n1S(=O)(=O)c1cc(C)cc(C)c1. The standard InChI is InChI=1S/C20H19F3N2O4S/c1-12-8-13(2)10-15(9-12)30(27,28)25-14(4-7-19(26)29-3)11-16-17(25)5-6-18(24-16)20(21,22)23/h5-6,8-11H,4,7H2,1-3H3. The van der Waals surface area contributed by atoms with Crippen molar-refractivity contribution in [1.29, 1.82) is 0 Å².